The van der Waals surface area contributed by atoms with Gasteiger partial charge in [0.1, 0.15) is 39.3 Å². The molecule has 4 heteroatoms. The van der Waals surface area contributed by atoms with Gasteiger partial charge in [-0.15, -0.1) is 0 Å². The molecule has 3 heterocycles. The molecule has 3 aliphatic rings. The summed E-state index contributed by atoms with van der Waals surface area (Å²) in [7, 11) is 0. The molecule has 0 aromatic carbocycles. The van der Waals surface area contributed by atoms with E-state index < -0.39 is 0 Å². The first-order chi connectivity index (χ1) is 12.7. The second kappa shape index (κ2) is 12.3. The highest BCUT2D eigenvalue weighted by Gasteiger charge is 2.47. The van der Waals surface area contributed by atoms with Crippen LogP contribution in [0.3, 0.4) is 0 Å². The average Bonchev–Trinajstić information content (AvgIpc) is 2.68. The van der Waals surface area contributed by atoms with Crippen molar-refractivity contribution in [2.24, 2.45) is 0 Å². The highest BCUT2D eigenvalue weighted by molar-refractivity contribution is 4.63. The molecule has 0 aromatic heterocycles. The zero-order valence-corrected chi connectivity index (χ0v) is 17.3. The molecule has 3 rings (SSSR count). The summed E-state index contributed by atoms with van der Waals surface area (Å²) in [6.45, 7) is 12.2. The molecule has 0 saturated carbocycles. The van der Waals surface area contributed by atoms with Gasteiger partial charge in [-0.05, 0) is 38.5 Å². The Bertz CT molecular complexity index is 304. The standard InChI is InChI=1S/C22H46N2O2/c25-21-11-7-3-1-5-9-13-23-15-18-24(19-16-23,20-17-23)14-10-6-2-4-8-12-22-26/h25-26H,1-22H2/q+2. The van der Waals surface area contributed by atoms with E-state index in [0.29, 0.717) is 13.2 Å². The van der Waals surface area contributed by atoms with Crippen molar-refractivity contribution in [1.29, 1.82) is 0 Å². The molecule has 3 saturated heterocycles. The number of hydrogen-bond acceptors (Lipinski definition) is 2. The Morgan fingerprint density at radius 3 is 0.962 bits per heavy atom. The van der Waals surface area contributed by atoms with Crippen molar-refractivity contribution >= 4 is 0 Å². The SMILES string of the molecule is OCCCCCCCC[N+]12CC[N+](CCCCCCCCO)(CC1)CC2. The largest absolute Gasteiger partial charge is 0.396 e. The number of piperazine rings is 3. The number of aliphatic hydroxyl groups excluding tert-OH is 2. The van der Waals surface area contributed by atoms with Crippen LogP contribution in [0.4, 0.5) is 0 Å². The minimum absolute atomic E-state index is 0.365. The van der Waals surface area contributed by atoms with Crippen molar-refractivity contribution in [2.45, 2.75) is 77.0 Å². The van der Waals surface area contributed by atoms with Crippen LogP contribution < -0.4 is 0 Å². The van der Waals surface area contributed by atoms with Gasteiger partial charge < -0.3 is 19.2 Å². The van der Waals surface area contributed by atoms with Crippen LogP contribution in [0.2, 0.25) is 0 Å². The maximum atomic E-state index is 8.83. The Morgan fingerprint density at radius 1 is 0.385 bits per heavy atom. The van der Waals surface area contributed by atoms with Gasteiger partial charge in [0.25, 0.3) is 0 Å². The minimum atomic E-state index is 0.365. The summed E-state index contributed by atoms with van der Waals surface area (Å²) in [5, 5.41) is 17.7. The predicted octanol–water partition coefficient (Wildman–Crippen LogP) is 3.31. The molecule has 26 heavy (non-hydrogen) atoms. The van der Waals surface area contributed by atoms with Crippen LogP contribution in [0, 0.1) is 0 Å². The molecule has 3 fully saturated rings. The average molecular weight is 371 g/mol. The summed E-state index contributed by atoms with van der Waals surface area (Å²) in [5.74, 6) is 0. The third-order valence-corrected chi connectivity index (χ3v) is 7.23. The van der Waals surface area contributed by atoms with Gasteiger partial charge in [0.2, 0.25) is 0 Å². The lowest BCUT2D eigenvalue weighted by Gasteiger charge is -2.55. The summed E-state index contributed by atoms with van der Waals surface area (Å²) in [6.07, 6.45) is 15.3. The number of rotatable bonds is 16. The minimum Gasteiger partial charge on any atom is -0.396 e. The highest BCUT2D eigenvalue weighted by Crippen LogP contribution is 2.28. The van der Waals surface area contributed by atoms with Crippen molar-refractivity contribution < 1.29 is 19.2 Å². The molecule has 4 nitrogen and oxygen atoms in total. The van der Waals surface area contributed by atoms with E-state index in [2.05, 4.69) is 0 Å². The lowest BCUT2D eigenvalue weighted by atomic mass is 10.0. The van der Waals surface area contributed by atoms with Crippen molar-refractivity contribution in [3.63, 3.8) is 0 Å². The van der Waals surface area contributed by atoms with E-state index in [4.69, 9.17) is 10.2 Å². The molecule has 2 bridgehead atoms. The number of nitrogens with zero attached hydrogens (tertiary/aromatic N) is 2. The Morgan fingerprint density at radius 2 is 0.654 bits per heavy atom. The maximum Gasteiger partial charge on any atom is 0.129 e. The number of hydrogen-bond donors (Lipinski definition) is 2. The number of aliphatic hydroxyl groups is 2. The van der Waals surface area contributed by atoms with E-state index in [-0.39, 0.29) is 0 Å². The fourth-order valence-corrected chi connectivity index (χ4v) is 5.15. The van der Waals surface area contributed by atoms with Crippen LogP contribution in [0.1, 0.15) is 77.0 Å². The van der Waals surface area contributed by atoms with Gasteiger partial charge >= 0.3 is 0 Å². The second-order valence-corrected chi connectivity index (χ2v) is 9.16. The molecular formula is C22H46N2O2+2. The fourth-order valence-electron chi connectivity index (χ4n) is 5.15. The van der Waals surface area contributed by atoms with Crippen molar-refractivity contribution in [2.75, 3.05) is 65.6 Å². The summed E-state index contributed by atoms with van der Waals surface area (Å²) in [4.78, 5) is 0. The molecule has 0 aliphatic carbocycles. The van der Waals surface area contributed by atoms with Crippen molar-refractivity contribution in [3.8, 4) is 0 Å². The van der Waals surface area contributed by atoms with Crippen molar-refractivity contribution in [3.05, 3.63) is 0 Å². The molecule has 154 valence electrons. The van der Waals surface area contributed by atoms with E-state index in [1.807, 2.05) is 0 Å². The molecule has 0 atom stereocenters. The summed E-state index contributed by atoms with van der Waals surface area (Å²) in [6, 6.07) is 0. The van der Waals surface area contributed by atoms with Crippen LogP contribution in [0.15, 0.2) is 0 Å². The van der Waals surface area contributed by atoms with Crippen LogP contribution in [-0.2, 0) is 0 Å². The van der Waals surface area contributed by atoms with E-state index in [1.54, 1.807) is 0 Å². The molecule has 0 amide bonds. The molecule has 0 unspecified atom stereocenters. The number of unbranched alkanes of at least 4 members (excludes halogenated alkanes) is 10. The monoisotopic (exact) mass is 370 g/mol. The molecule has 0 spiro atoms. The van der Waals surface area contributed by atoms with E-state index in [1.165, 1.54) is 126 Å². The van der Waals surface area contributed by atoms with Crippen LogP contribution in [0.25, 0.3) is 0 Å². The van der Waals surface area contributed by atoms with Crippen LogP contribution >= 0.6 is 0 Å². The number of fused-ring (bicyclic) bond motifs is 3. The zero-order valence-electron chi connectivity index (χ0n) is 17.3. The predicted molar refractivity (Wildman–Crippen MR) is 109 cm³/mol. The van der Waals surface area contributed by atoms with Gasteiger partial charge in [0.15, 0.2) is 0 Å². The van der Waals surface area contributed by atoms with Crippen molar-refractivity contribution in [1.82, 2.24) is 0 Å². The summed E-state index contributed by atoms with van der Waals surface area (Å²) < 4.78 is 2.86. The lowest BCUT2D eigenvalue weighted by molar-refractivity contribution is -1.08. The summed E-state index contributed by atoms with van der Waals surface area (Å²) in [5.41, 5.74) is 0. The van der Waals surface area contributed by atoms with E-state index >= 15 is 0 Å². The molecule has 0 radical (unpaired) electrons. The lowest BCUT2D eigenvalue weighted by Crippen LogP contribution is -2.75. The van der Waals surface area contributed by atoms with Gasteiger partial charge in [0.05, 0.1) is 13.1 Å². The Hall–Kier alpha value is -0.160. The second-order valence-electron chi connectivity index (χ2n) is 9.16. The normalized spacial score (nSPS) is 27.9. The zero-order chi connectivity index (χ0) is 18.6. The maximum absolute atomic E-state index is 8.83. The van der Waals surface area contributed by atoms with Gasteiger partial charge in [0, 0.05) is 13.2 Å². The van der Waals surface area contributed by atoms with Gasteiger partial charge in [-0.1, -0.05) is 38.5 Å². The Labute approximate surface area is 162 Å². The van der Waals surface area contributed by atoms with Crippen LogP contribution in [-0.4, -0.2) is 84.8 Å². The Balaban J connectivity index is 1.53. The third kappa shape index (κ3) is 7.46. The van der Waals surface area contributed by atoms with Crippen LogP contribution in [0.5, 0.6) is 0 Å². The molecule has 2 N–H and O–H groups in total. The quantitative estimate of drug-likeness (QED) is 0.323. The van der Waals surface area contributed by atoms with E-state index in [9.17, 15) is 0 Å². The first-order valence-corrected chi connectivity index (χ1v) is 11.7. The molecule has 3 aliphatic heterocycles. The van der Waals surface area contributed by atoms with Gasteiger partial charge in [-0.25, -0.2) is 0 Å². The third-order valence-electron chi connectivity index (χ3n) is 7.23. The first kappa shape index (κ1) is 22.1. The smallest absolute Gasteiger partial charge is 0.129 e. The molecule has 0 aromatic rings. The topological polar surface area (TPSA) is 40.5 Å². The fraction of sp³-hybridized carbons (Fsp3) is 1.00. The first-order valence-electron chi connectivity index (χ1n) is 11.7. The Kier molecular flexibility index (Phi) is 10.5. The number of quaternary nitrogens is 2. The van der Waals surface area contributed by atoms with E-state index in [0.717, 1.165) is 12.8 Å². The van der Waals surface area contributed by atoms with Gasteiger partial charge in [-0.2, -0.15) is 0 Å². The summed E-state index contributed by atoms with van der Waals surface area (Å²) >= 11 is 0. The molecular weight excluding hydrogens is 324 g/mol. The van der Waals surface area contributed by atoms with Gasteiger partial charge in [-0.3, -0.25) is 0 Å². The highest BCUT2D eigenvalue weighted by atomic mass is 16.3.